The number of rotatable bonds is 4. The average Bonchev–Trinajstić information content (AvgIpc) is 2.41. The van der Waals surface area contributed by atoms with Crippen molar-refractivity contribution in [1.82, 2.24) is 0 Å². The Balaban J connectivity index is 2.09. The van der Waals surface area contributed by atoms with Crippen LogP contribution < -0.4 is 10.6 Å². The van der Waals surface area contributed by atoms with Crippen molar-refractivity contribution in [3.8, 4) is 0 Å². The Morgan fingerprint density at radius 3 is 2.21 bits per heavy atom. The van der Waals surface area contributed by atoms with Gasteiger partial charge in [0.2, 0.25) is 0 Å². The molecule has 0 amide bonds. The molecular formula is C15H16FN3. The van der Waals surface area contributed by atoms with Crippen LogP contribution in [0.5, 0.6) is 0 Å². The molecule has 0 unspecified atom stereocenters. The summed E-state index contributed by atoms with van der Waals surface area (Å²) >= 11 is 0. The minimum absolute atomic E-state index is 0.0627. The Bertz CT molecular complexity index is 561. The fourth-order valence-electron chi connectivity index (χ4n) is 1.85. The lowest BCUT2D eigenvalue weighted by Crippen LogP contribution is -2.17. The number of anilines is 1. The first kappa shape index (κ1) is 13.1. The molecule has 3 N–H and O–H groups in total. The predicted octanol–water partition coefficient (Wildman–Crippen LogP) is 2.75. The minimum atomic E-state index is -0.225. The van der Waals surface area contributed by atoms with E-state index in [0.29, 0.717) is 12.1 Å². The zero-order valence-electron chi connectivity index (χ0n) is 10.7. The van der Waals surface area contributed by atoms with Gasteiger partial charge >= 0.3 is 0 Å². The average molecular weight is 257 g/mol. The summed E-state index contributed by atoms with van der Waals surface area (Å²) in [4.78, 5) is 2.05. The van der Waals surface area contributed by atoms with Gasteiger partial charge in [-0.05, 0) is 42.0 Å². The molecule has 0 aliphatic rings. The molecule has 0 aromatic heterocycles. The summed E-state index contributed by atoms with van der Waals surface area (Å²) in [5, 5.41) is 7.34. The highest BCUT2D eigenvalue weighted by molar-refractivity contribution is 5.95. The maximum absolute atomic E-state index is 12.8. The summed E-state index contributed by atoms with van der Waals surface area (Å²) in [6.07, 6.45) is 0. The molecule has 0 aliphatic heterocycles. The molecule has 0 aliphatic carbocycles. The Kier molecular flexibility index (Phi) is 3.80. The summed E-state index contributed by atoms with van der Waals surface area (Å²) < 4.78 is 12.8. The number of hydrogen-bond acceptors (Lipinski definition) is 2. The van der Waals surface area contributed by atoms with Gasteiger partial charge in [0, 0.05) is 24.8 Å². The number of nitrogens with two attached hydrogens (primary N) is 1. The second-order valence-corrected chi connectivity index (χ2v) is 4.44. The van der Waals surface area contributed by atoms with Crippen LogP contribution >= 0.6 is 0 Å². The largest absolute Gasteiger partial charge is 0.384 e. The fourth-order valence-corrected chi connectivity index (χ4v) is 1.85. The van der Waals surface area contributed by atoms with E-state index in [-0.39, 0.29) is 11.7 Å². The van der Waals surface area contributed by atoms with E-state index >= 15 is 0 Å². The minimum Gasteiger partial charge on any atom is -0.384 e. The van der Waals surface area contributed by atoms with Crippen molar-refractivity contribution in [2.45, 2.75) is 6.54 Å². The molecule has 2 rings (SSSR count). The summed E-state index contributed by atoms with van der Waals surface area (Å²) in [6.45, 7) is 0.694. The van der Waals surface area contributed by atoms with Gasteiger partial charge in [-0.2, -0.15) is 0 Å². The normalized spacial score (nSPS) is 10.2. The van der Waals surface area contributed by atoms with Gasteiger partial charge in [-0.25, -0.2) is 4.39 Å². The molecule has 0 spiro atoms. The first-order valence-corrected chi connectivity index (χ1v) is 5.96. The van der Waals surface area contributed by atoms with Crippen molar-refractivity contribution in [2.75, 3.05) is 11.9 Å². The molecule has 2 aromatic rings. The molecule has 0 radical (unpaired) electrons. The molecule has 0 fully saturated rings. The van der Waals surface area contributed by atoms with Gasteiger partial charge in [-0.3, -0.25) is 5.41 Å². The van der Waals surface area contributed by atoms with Crippen LogP contribution in [0.4, 0.5) is 10.1 Å². The molecule has 98 valence electrons. The van der Waals surface area contributed by atoms with Crippen LogP contribution in [0, 0.1) is 11.2 Å². The molecule has 4 heteroatoms. The van der Waals surface area contributed by atoms with Crippen molar-refractivity contribution in [2.24, 2.45) is 5.73 Å². The maximum atomic E-state index is 12.8. The zero-order chi connectivity index (χ0) is 13.8. The van der Waals surface area contributed by atoms with Gasteiger partial charge in [0.1, 0.15) is 11.7 Å². The Morgan fingerprint density at radius 2 is 1.68 bits per heavy atom. The molecular weight excluding hydrogens is 241 g/mol. The van der Waals surface area contributed by atoms with Gasteiger partial charge in [-0.1, -0.05) is 12.1 Å². The monoisotopic (exact) mass is 257 g/mol. The van der Waals surface area contributed by atoms with Crippen LogP contribution in [-0.4, -0.2) is 12.9 Å². The van der Waals surface area contributed by atoms with Crippen molar-refractivity contribution in [3.05, 3.63) is 65.5 Å². The van der Waals surface area contributed by atoms with E-state index in [1.165, 1.54) is 12.1 Å². The van der Waals surface area contributed by atoms with Crippen LogP contribution in [0.1, 0.15) is 11.1 Å². The first-order chi connectivity index (χ1) is 9.06. The van der Waals surface area contributed by atoms with Crippen LogP contribution in [0.25, 0.3) is 0 Å². The van der Waals surface area contributed by atoms with Crippen molar-refractivity contribution in [1.29, 1.82) is 5.41 Å². The molecule has 0 atom stereocenters. The van der Waals surface area contributed by atoms with E-state index in [4.69, 9.17) is 11.1 Å². The molecule has 0 saturated heterocycles. The van der Waals surface area contributed by atoms with Crippen LogP contribution in [0.2, 0.25) is 0 Å². The molecule has 0 heterocycles. The summed E-state index contributed by atoms with van der Waals surface area (Å²) in [5.41, 5.74) is 8.18. The number of halogens is 1. The Labute approximate surface area is 112 Å². The SMILES string of the molecule is CN(Cc1ccc(F)cc1)c1ccc(C(=N)N)cc1. The zero-order valence-corrected chi connectivity index (χ0v) is 10.7. The van der Waals surface area contributed by atoms with Gasteiger partial charge in [0.05, 0.1) is 0 Å². The van der Waals surface area contributed by atoms with E-state index in [1.54, 1.807) is 12.1 Å². The van der Waals surface area contributed by atoms with Gasteiger partial charge < -0.3 is 10.6 Å². The molecule has 3 nitrogen and oxygen atoms in total. The third-order valence-corrected chi connectivity index (χ3v) is 2.95. The quantitative estimate of drug-likeness (QED) is 0.653. The number of benzene rings is 2. The number of amidine groups is 1. The van der Waals surface area contributed by atoms with Gasteiger partial charge in [0.15, 0.2) is 0 Å². The molecule has 2 aromatic carbocycles. The third kappa shape index (κ3) is 3.31. The van der Waals surface area contributed by atoms with Gasteiger partial charge in [-0.15, -0.1) is 0 Å². The van der Waals surface area contributed by atoms with Gasteiger partial charge in [0.25, 0.3) is 0 Å². The molecule has 19 heavy (non-hydrogen) atoms. The number of nitrogens with zero attached hydrogens (tertiary/aromatic N) is 1. The van der Waals surface area contributed by atoms with E-state index in [0.717, 1.165) is 11.3 Å². The highest BCUT2D eigenvalue weighted by Crippen LogP contribution is 2.16. The van der Waals surface area contributed by atoms with E-state index in [1.807, 2.05) is 31.3 Å². The summed E-state index contributed by atoms with van der Waals surface area (Å²) in [7, 11) is 1.96. The summed E-state index contributed by atoms with van der Waals surface area (Å²) in [6, 6.07) is 13.9. The Hall–Kier alpha value is -2.36. The van der Waals surface area contributed by atoms with Crippen LogP contribution in [0.15, 0.2) is 48.5 Å². The number of nitrogen functional groups attached to an aromatic ring is 1. The first-order valence-electron chi connectivity index (χ1n) is 5.96. The lowest BCUT2D eigenvalue weighted by atomic mass is 10.1. The van der Waals surface area contributed by atoms with E-state index in [2.05, 4.69) is 4.90 Å². The van der Waals surface area contributed by atoms with E-state index < -0.39 is 0 Å². The van der Waals surface area contributed by atoms with Crippen molar-refractivity contribution >= 4 is 11.5 Å². The summed E-state index contributed by atoms with van der Waals surface area (Å²) in [5.74, 6) is -0.162. The highest BCUT2D eigenvalue weighted by Gasteiger charge is 2.03. The highest BCUT2D eigenvalue weighted by atomic mass is 19.1. The lowest BCUT2D eigenvalue weighted by Gasteiger charge is -2.19. The fraction of sp³-hybridized carbons (Fsp3) is 0.133. The smallest absolute Gasteiger partial charge is 0.123 e. The van der Waals surface area contributed by atoms with E-state index in [9.17, 15) is 4.39 Å². The number of hydrogen-bond donors (Lipinski definition) is 2. The lowest BCUT2D eigenvalue weighted by molar-refractivity contribution is 0.627. The van der Waals surface area contributed by atoms with Crippen LogP contribution in [-0.2, 0) is 6.54 Å². The molecule has 0 bridgehead atoms. The topological polar surface area (TPSA) is 53.1 Å². The van der Waals surface area contributed by atoms with Crippen molar-refractivity contribution < 1.29 is 4.39 Å². The second kappa shape index (κ2) is 5.52. The third-order valence-electron chi connectivity index (χ3n) is 2.95. The standard InChI is InChI=1S/C15H16FN3/c1-19(10-11-2-6-13(16)7-3-11)14-8-4-12(5-9-14)15(17)18/h2-9H,10H2,1H3,(H3,17,18). The Morgan fingerprint density at radius 1 is 1.11 bits per heavy atom. The number of nitrogens with one attached hydrogen (secondary N) is 1. The predicted molar refractivity (Wildman–Crippen MR) is 76.0 cm³/mol. The van der Waals surface area contributed by atoms with Crippen molar-refractivity contribution in [3.63, 3.8) is 0 Å². The van der Waals surface area contributed by atoms with Crippen LogP contribution in [0.3, 0.4) is 0 Å². The maximum Gasteiger partial charge on any atom is 0.123 e. The second-order valence-electron chi connectivity index (χ2n) is 4.44. The molecule has 0 saturated carbocycles.